The van der Waals surface area contributed by atoms with E-state index >= 15 is 0 Å². The van der Waals surface area contributed by atoms with E-state index in [1.807, 2.05) is 64.9 Å². The monoisotopic (exact) mass is 1370 g/mol. The number of carbonyl (C=O) groups excluding carboxylic acids is 2. The molecule has 0 unspecified atom stereocenters. The van der Waals surface area contributed by atoms with E-state index in [9.17, 15) is 9.59 Å². The second-order valence-electron chi connectivity index (χ2n) is 23.9. The summed E-state index contributed by atoms with van der Waals surface area (Å²) in [4.78, 5) is 21.8. The van der Waals surface area contributed by atoms with Gasteiger partial charge in [-0.15, -0.1) is 0 Å². The Balaban J connectivity index is 0.000000138. The molecule has 4 heterocycles. The molecule has 4 aliphatic carbocycles. The van der Waals surface area contributed by atoms with Crippen molar-refractivity contribution < 1.29 is 9.59 Å². The average molecular weight is 1370 g/mol. The van der Waals surface area contributed by atoms with Crippen LogP contribution < -0.4 is 0 Å². The number of aryl methyl sites for hydroxylation is 2. The smallest absolute Gasteiger partial charge is 0.150 e. The third-order valence-electron chi connectivity index (χ3n) is 20.2. The van der Waals surface area contributed by atoms with Crippen molar-refractivity contribution in [2.45, 2.75) is 151 Å². The molecule has 4 aliphatic rings. The van der Waals surface area contributed by atoms with Gasteiger partial charge in [0.2, 0.25) is 0 Å². The van der Waals surface area contributed by atoms with Crippen LogP contribution in [0.5, 0.6) is 0 Å². The molecule has 0 bridgehead atoms. The molecule has 0 amide bonds. The molecule has 0 radical (unpaired) electrons. The van der Waals surface area contributed by atoms with Crippen molar-refractivity contribution in [3.63, 3.8) is 0 Å². The van der Waals surface area contributed by atoms with Gasteiger partial charge in [0, 0.05) is 107 Å². The number of carbonyl (C=O) groups is 2. The summed E-state index contributed by atoms with van der Waals surface area (Å²) in [5, 5.41) is 24.8. The normalized spacial score (nSPS) is 12.1. The largest absolute Gasteiger partial charge is 0.298 e. The molecule has 0 fully saturated rings. The van der Waals surface area contributed by atoms with Crippen LogP contribution >= 0.6 is 45.2 Å². The zero-order valence-electron chi connectivity index (χ0n) is 51.9. The Kier molecular flexibility index (Phi) is 17.6. The van der Waals surface area contributed by atoms with Crippen LogP contribution in [-0.4, -0.2) is 52.5 Å². The lowest BCUT2D eigenvalue weighted by Crippen LogP contribution is -2.02. The van der Waals surface area contributed by atoms with Gasteiger partial charge in [0.05, 0.1) is 37.9 Å². The maximum Gasteiger partial charge on any atom is 0.150 e. The molecule has 4 aromatic heterocycles. The van der Waals surface area contributed by atoms with Gasteiger partial charge in [-0.2, -0.15) is 20.4 Å². The molecule has 0 spiro atoms. The van der Waals surface area contributed by atoms with Crippen LogP contribution in [-0.2, 0) is 39.8 Å². The first-order valence-corrected chi connectivity index (χ1v) is 31.1. The van der Waals surface area contributed by atoms with Gasteiger partial charge >= 0.3 is 0 Å². The summed E-state index contributed by atoms with van der Waals surface area (Å²) >= 11 is 4.70. The van der Waals surface area contributed by atoms with Crippen molar-refractivity contribution in [3.05, 3.63) is 201 Å². The quantitative estimate of drug-likeness (QED) is 0.133. The van der Waals surface area contributed by atoms with Crippen molar-refractivity contribution in [2.75, 3.05) is 0 Å². The first-order valence-electron chi connectivity index (χ1n) is 29.0. The van der Waals surface area contributed by atoms with E-state index in [4.69, 9.17) is 5.10 Å². The van der Waals surface area contributed by atoms with Crippen LogP contribution in [0.4, 0.5) is 0 Å². The molecule has 0 aliphatic heterocycles. The van der Waals surface area contributed by atoms with Crippen molar-refractivity contribution in [1.29, 1.82) is 0 Å². The summed E-state index contributed by atoms with van der Waals surface area (Å²) in [7, 11) is 4.08. The van der Waals surface area contributed by atoms with Crippen LogP contribution in [0.15, 0.2) is 48.5 Å². The van der Waals surface area contributed by atoms with Crippen LogP contribution in [0.1, 0.15) is 169 Å². The van der Waals surface area contributed by atoms with E-state index in [-0.39, 0.29) is 14.9 Å². The van der Waals surface area contributed by atoms with Crippen LogP contribution in [0.2, 0.25) is 0 Å². The number of halogens is 2. The lowest BCUT2D eigenvalue weighted by Gasteiger charge is -2.16. The first kappa shape index (κ1) is 63.5. The maximum absolute atomic E-state index is 10.9. The van der Waals surface area contributed by atoms with Gasteiger partial charge < -0.3 is 0 Å². The standard InChI is InChI=1S/C22H22N2O.C21H20N2O.C15H17IN2.C14H15IN2.2CH4/c1-12-13(2)15(4)20-18(14(12)3)10-19-21(23-24(5)22(19)20)17-8-6-16(11-25)7-9-17;1-11-12(2)14(4)19-17(13(11)3)9-18-20(22-23-21(18)19)16-7-5-15(10-24)6-8-16;1-7-8(2)10(4)13-11(9(7)3)6-12-14(13)18(5)17-15(12)16;1-6-7(2)9(4)12-10(8(6)3)5-11-13(12)16-17-14(11)15;;/h6-9,11H,10H2,1-5H3;5-8,10H,9H2,1-4H3,(H,22,23);6H2,1-5H3;5H2,1-4H3,(H,16,17);2*1H4. The summed E-state index contributed by atoms with van der Waals surface area (Å²) in [5.41, 5.74) is 49.6. The second-order valence-corrected chi connectivity index (χ2v) is 26.0. The van der Waals surface area contributed by atoms with Gasteiger partial charge in [-0.1, -0.05) is 63.4 Å². The van der Waals surface area contributed by atoms with Gasteiger partial charge in [0.25, 0.3) is 0 Å². The van der Waals surface area contributed by atoms with E-state index in [0.29, 0.717) is 11.1 Å². The minimum atomic E-state index is 0. The highest BCUT2D eigenvalue weighted by Gasteiger charge is 2.34. The number of hydrogen-bond donors (Lipinski definition) is 2. The number of benzene rings is 6. The minimum absolute atomic E-state index is 0. The maximum atomic E-state index is 10.9. The highest BCUT2D eigenvalue weighted by Crippen LogP contribution is 2.49. The highest BCUT2D eigenvalue weighted by molar-refractivity contribution is 14.1. The molecular weight excluding hydrogens is 1290 g/mol. The lowest BCUT2D eigenvalue weighted by molar-refractivity contribution is 0.111. The zero-order valence-corrected chi connectivity index (χ0v) is 56.2. The number of aromatic nitrogens is 8. The minimum Gasteiger partial charge on any atom is -0.298 e. The molecule has 14 rings (SSSR count). The number of aldehydes is 2. The molecule has 86 heavy (non-hydrogen) atoms. The molecule has 0 saturated carbocycles. The Morgan fingerprint density at radius 3 is 1.20 bits per heavy atom. The van der Waals surface area contributed by atoms with E-state index in [1.165, 1.54) is 177 Å². The molecule has 0 saturated heterocycles. The first-order chi connectivity index (χ1) is 39.9. The van der Waals surface area contributed by atoms with E-state index < -0.39 is 0 Å². The molecule has 10 aromatic rings. The number of H-pyrrole nitrogens is 2. The average Bonchev–Trinajstić information content (AvgIpc) is 1.63. The van der Waals surface area contributed by atoms with Crippen LogP contribution in [0.3, 0.4) is 0 Å². The number of fused-ring (bicyclic) bond motifs is 12. The zero-order chi connectivity index (χ0) is 60.4. The SMILES string of the molecule is C.C.Cc1c(C)c(C)c2c(c1C)Cc1c(-c3ccc(C=O)cc3)n[nH]c1-2.Cc1c(C)c(C)c2c(c1C)Cc1c(-c3ccc(C=O)cc3)nn(C)c1-2.Cc1c(C)c(C)c2c(c1C)Cc1c(I)nn(C)c1-2.Cc1c(C)c(C)c2c(c1C)Cc1c-2n[nH]c1I. The summed E-state index contributed by atoms with van der Waals surface area (Å²) in [6.07, 6.45) is 5.67. The molecule has 444 valence electrons. The lowest BCUT2D eigenvalue weighted by atomic mass is 9.90. The van der Waals surface area contributed by atoms with E-state index in [0.717, 1.165) is 70.2 Å². The number of rotatable bonds is 4. The summed E-state index contributed by atoms with van der Waals surface area (Å²) < 4.78 is 6.40. The van der Waals surface area contributed by atoms with Crippen LogP contribution in [0.25, 0.3) is 67.5 Å². The molecular formula is C74H82I2N8O2. The highest BCUT2D eigenvalue weighted by atomic mass is 127. The number of nitrogens with one attached hydrogen (secondary N) is 2. The fourth-order valence-electron chi connectivity index (χ4n) is 13.9. The third kappa shape index (κ3) is 9.98. The Bertz CT molecular complexity index is 4450. The van der Waals surface area contributed by atoms with Crippen LogP contribution in [0, 0.1) is 118 Å². The van der Waals surface area contributed by atoms with Gasteiger partial charge in [-0.3, -0.25) is 29.2 Å². The van der Waals surface area contributed by atoms with Crippen molar-refractivity contribution in [1.82, 2.24) is 40.0 Å². The molecule has 10 nitrogen and oxygen atoms in total. The Labute approximate surface area is 536 Å². The van der Waals surface area contributed by atoms with Gasteiger partial charge in [0.15, 0.2) is 0 Å². The molecule has 0 atom stereocenters. The molecule has 6 aromatic carbocycles. The van der Waals surface area contributed by atoms with E-state index in [2.05, 4.69) is 189 Å². The van der Waals surface area contributed by atoms with Crippen molar-refractivity contribution in [3.8, 4) is 67.5 Å². The number of hydrogen-bond acceptors (Lipinski definition) is 6. The van der Waals surface area contributed by atoms with Crippen molar-refractivity contribution >= 4 is 57.8 Å². The van der Waals surface area contributed by atoms with Gasteiger partial charge in [-0.25, -0.2) is 0 Å². The summed E-state index contributed by atoms with van der Waals surface area (Å²) in [6, 6.07) is 15.3. The van der Waals surface area contributed by atoms with Crippen molar-refractivity contribution in [2.24, 2.45) is 14.1 Å². The number of aromatic amines is 2. The molecule has 2 N–H and O–H groups in total. The second kappa shape index (κ2) is 23.9. The molecule has 12 heteroatoms. The topological polar surface area (TPSA) is 127 Å². The third-order valence-corrected chi connectivity index (χ3v) is 22.0. The fraction of sp³-hybridized carbons (Fsp3) is 0.324. The summed E-state index contributed by atoms with van der Waals surface area (Å²) in [5.74, 6) is 0. The van der Waals surface area contributed by atoms with Gasteiger partial charge in [-0.05, 0) is 267 Å². The Hall–Kier alpha value is -7.04. The predicted octanol–water partition coefficient (Wildman–Crippen LogP) is 18.3. The Morgan fingerprint density at radius 1 is 0.372 bits per heavy atom. The summed E-state index contributed by atoms with van der Waals surface area (Å²) in [6.45, 7) is 35.6. The Morgan fingerprint density at radius 2 is 0.721 bits per heavy atom. The van der Waals surface area contributed by atoms with E-state index in [1.54, 1.807) is 0 Å². The van der Waals surface area contributed by atoms with Gasteiger partial charge in [0.1, 0.15) is 16.3 Å². The number of nitrogens with zero attached hydrogens (tertiary/aromatic N) is 6. The predicted molar refractivity (Wildman–Crippen MR) is 373 cm³/mol. The fourth-order valence-corrected chi connectivity index (χ4v) is 15.2.